The lowest BCUT2D eigenvalue weighted by atomic mass is 10.2. The van der Waals surface area contributed by atoms with Gasteiger partial charge < -0.3 is 5.32 Å². The van der Waals surface area contributed by atoms with E-state index >= 15 is 0 Å². The Morgan fingerprint density at radius 3 is 2.41 bits per heavy atom. The van der Waals surface area contributed by atoms with Crippen LogP contribution >= 0.6 is 0 Å². The summed E-state index contributed by atoms with van der Waals surface area (Å²) in [5.74, 6) is -0.00830. The fourth-order valence-electron chi connectivity index (χ4n) is 2.73. The minimum atomic E-state index is -0.374. The molecule has 2 heterocycles. The zero-order valence-electron chi connectivity index (χ0n) is 14.6. The van der Waals surface area contributed by atoms with Crippen molar-refractivity contribution in [1.82, 2.24) is 30.0 Å². The number of nitrogens with one attached hydrogen (secondary N) is 1. The van der Waals surface area contributed by atoms with Gasteiger partial charge in [0, 0.05) is 0 Å². The third kappa shape index (κ3) is 3.59. The molecule has 0 fully saturated rings. The summed E-state index contributed by atoms with van der Waals surface area (Å²) in [4.78, 5) is 12.5. The molecule has 1 N–H and O–H groups in total. The van der Waals surface area contributed by atoms with E-state index in [0.29, 0.717) is 18.1 Å². The molecule has 0 radical (unpaired) electrons. The largest absolute Gasteiger partial charge is 0.302 e. The van der Waals surface area contributed by atoms with Gasteiger partial charge in [-0.1, -0.05) is 59.0 Å². The highest BCUT2D eigenvalue weighted by Gasteiger charge is 2.18. The predicted molar refractivity (Wildman–Crippen MR) is 99.6 cm³/mol. The Labute approximate surface area is 155 Å². The van der Waals surface area contributed by atoms with Crippen LogP contribution in [0.2, 0.25) is 0 Å². The van der Waals surface area contributed by atoms with Crippen molar-refractivity contribution in [3.8, 4) is 5.69 Å². The van der Waals surface area contributed by atoms with E-state index in [9.17, 15) is 4.79 Å². The SMILES string of the molecule is Cc1c(C(=O)Nc2cn(Cc3ccccc3)nn2)nnn1-c1ccccc1. The Morgan fingerprint density at radius 1 is 0.963 bits per heavy atom. The molecular weight excluding hydrogens is 342 g/mol. The number of carbonyl (C=O) groups is 1. The van der Waals surface area contributed by atoms with Crippen molar-refractivity contribution in [2.24, 2.45) is 0 Å². The zero-order chi connectivity index (χ0) is 18.6. The lowest BCUT2D eigenvalue weighted by Gasteiger charge is -2.03. The first kappa shape index (κ1) is 16.6. The summed E-state index contributed by atoms with van der Waals surface area (Å²) in [6, 6.07) is 19.4. The van der Waals surface area contributed by atoms with Gasteiger partial charge in [-0.05, 0) is 24.6 Å². The molecule has 0 atom stereocenters. The van der Waals surface area contributed by atoms with Crippen molar-refractivity contribution in [2.75, 3.05) is 5.32 Å². The molecule has 2 aromatic heterocycles. The van der Waals surface area contributed by atoms with Gasteiger partial charge >= 0.3 is 0 Å². The molecule has 8 heteroatoms. The van der Waals surface area contributed by atoms with Crippen molar-refractivity contribution in [1.29, 1.82) is 0 Å². The molecule has 0 unspecified atom stereocenters. The summed E-state index contributed by atoms with van der Waals surface area (Å²) >= 11 is 0. The molecule has 0 spiro atoms. The van der Waals surface area contributed by atoms with Crippen molar-refractivity contribution in [2.45, 2.75) is 13.5 Å². The fourth-order valence-corrected chi connectivity index (χ4v) is 2.73. The first-order valence-electron chi connectivity index (χ1n) is 8.44. The van der Waals surface area contributed by atoms with Crippen molar-refractivity contribution in [3.63, 3.8) is 0 Å². The van der Waals surface area contributed by atoms with E-state index in [4.69, 9.17) is 0 Å². The van der Waals surface area contributed by atoms with Crippen LogP contribution in [-0.2, 0) is 6.54 Å². The molecule has 0 aliphatic rings. The average molecular weight is 359 g/mol. The summed E-state index contributed by atoms with van der Waals surface area (Å²) < 4.78 is 3.29. The predicted octanol–water partition coefficient (Wildman–Crippen LogP) is 2.47. The first-order chi connectivity index (χ1) is 13.2. The maximum atomic E-state index is 12.5. The Hall–Kier alpha value is -3.81. The third-order valence-corrected chi connectivity index (χ3v) is 4.08. The van der Waals surface area contributed by atoms with E-state index in [1.165, 1.54) is 0 Å². The quantitative estimate of drug-likeness (QED) is 0.591. The second-order valence-electron chi connectivity index (χ2n) is 6.01. The second-order valence-corrected chi connectivity index (χ2v) is 6.01. The molecule has 1 amide bonds. The Balaban J connectivity index is 1.48. The van der Waals surface area contributed by atoms with Gasteiger partial charge in [0.05, 0.1) is 24.1 Å². The number of hydrogen-bond acceptors (Lipinski definition) is 5. The molecule has 0 bridgehead atoms. The van der Waals surface area contributed by atoms with Gasteiger partial charge in [0.15, 0.2) is 11.5 Å². The molecule has 8 nitrogen and oxygen atoms in total. The van der Waals surface area contributed by atoms with Gasteiger partial charge in [0.1, 0.15) is 0 Å². The molecule has 27 heavy (non-hydrogen) atoms. The lowest BCUT2D eigenvalue weighted by Crippen LogP contribution is -2.14. The van der Waals surface area contributed by atoms with Crippen molar-refractivity contribution < 1.29 is 4.79 Å². The van der Waals surface area contributed by atoms with Crippen LogP contribution in [0.4, 0.5) is 5.82 Å². The maximum absolute atomic E-state index is 12.5. The number of amides is 1. The number of nitrogens with zero attached hydrogens (tertiary/aromatic N) is 6. The van der Waals surface area contributed by atoms with Crippen LogP contribution in [0.5, 0.6) is 0 Å². The number of hydrogen-bond donors (Lipinski definition) is 1. The normalized spacial score (nSPS) is 10.7. The van der Waals surface area contributed by atoms with Crippen LogP contribution in [0.15, 0.2) is 66.9 Å². The summed E-state index contributed by atoms with van der Waals surface area (Å²) in [5, 5.41) is 18.8. The van der Waals surface area contributed by atoms with E-state index in [-0.39, 0.29) is 11.6 Å². The van der Waals surface area contributed by atoms with Gasteiger partial charge in [-0.3, -0.25) is 4.79 Å². The number of rotatable bonds is 5. The molecule has 4 rings (SSSR count). The van der Waals surface area contributed by atoms with Gasteiger partial charge in [-0.15, -0.1) is 10.2 Å². The average Bonchev–Trinajstić information content (AvgIpc) is 3.29. The highest BCUT2D eigenvalue weighted by molar-refractivity contribution is 6.02. The molecule has 4 aromatic rings. The van der Waals surface area contributed by atoms with Crippen molar-refractivity contribution >= 4 is 11.7 Å². The number of anilines is 1. The monoisotopic (exact) mass is 359 g/mol. The van der Waals surface area contributed by atoms with E-state index < -0.39 is 0 Å². The van der Waals surface area contributed by atoms with Gasteiger partial charge in [-0.2, -0.15) is 0 Å². The molecule has 0 aliphatic heterocycles. The highest BCUT2D eigenvalue weighted by Crippen LogP contribution is 2.13. The van der Waals surface area contributed by atoms with E-state index in [2.05, 4.69) is 25.9 Å². The maximum Gasteiger partial charge on any atom is 0.279 e. The number of aromatic nitrogens is 6. The van der Waals surface area contributed by atoms with Gasteiger partial charge in [0.2, 0.25) is 0 Å². The van der Waals surface area contributed by atoms with Crippen LogP contribution < -0.4 is 5.32 Å². The fraction of sp³-hybridized carbons (Fsp3) is 0.105. The van der Waals surface area contributed by atoms with E-state index in [1.807, 2.05) is 60.7 Å². The van der Waals surface area contributed by atoms with Crippen LogP contribution in [0.3, 0.4) is 0 Å². The molecule has 0 aliphatic carbocycles. The topological polar surface area (TPSA) is 90.5 Å². The Morgan fingerprint density at radius 2 is 1.67 bits per heavy atom. The molecule has 0 saturated carbocycles. The first-order valence-corrected chi connectivity index (χ1v) is 8.44. The summed E-state index contributed by atoms with van der Waals surface area (Å²) in [7, 11) is 0. The summed E-state index contributed by atoms with van der Waals surface area (Å²) in [6.07, 6.45) is 1.68. The molecule has 134 valence electrons. The van der Waals surface area contributed by atoms with E-state index in [0.717, 1.165) is 11.3 Å². The van der Waals surface area contributed by atoms with Crippen LogP contribution in [0.1, 0.15) is 21.7 Å². The highest BCUT2D eigenvalue weighted by atomic mass is 16.2. The summed E-state index contributed by atoms with van der Waals surface area (Å²) in [6.45, 7) is 2.38. The minimum Gasteiger partial charge on any atom is -0.302 e. The Kier molecular flexibility index (Phi) is 4.44. The number of benzene rings is 2. The van der Waals surface area contributed by atoms with Gasteiger partial charge in [0.25, 0.3) is 5.91 Å². The smallest absolute Gasteiger partial charge is 0.279 e. The second kappa shape index (κ2) is 7.20. The van der Waals surface area contributed by atoms with Gasteiger partial charge in [-0.25, -0.2) is 9.36 Å². The summed E-state index contributed by atoms with van der Waals surface area (Å²) in [5.41, 5.74) is 2.84. The Bertz CT molecular complexity index is 1050. The zero-order valence-corrected chi connectivity index (χ0v) is 14.6. The van der Waals surface area contributed by atoms with Crippen LogP contribution in [0.25, 0.3) is 5.69 Å². The lowest BCUT2D eigenvalue weighted by molar-refractivity contribution is 0.102. The number of para-hydroxylation sites is 1. The van der Waals surface area contributed by atoms with Crippen LogP contribution in [0, 0.1) is 6.92 Å². The number of carbonyl (C=O) groups excluding carboxylic acids is 1. The third-order valence-electron chi connectivity index (χ3n) is 4.08. The molecule has 0 saturated heterocycles. The minimum absolute atomic E-state index is 0.247. The standard InChI is InChI=1S/C19H17N7O/c1-14-18(22-24-26(14)16-10-6-3-7-11-16)19(27)20-17-13-25(23-21-17)12-15-8-4-2-5-9-15/h2-11,13H,12H2,1H3,(H,20,27). The molecule has 2 aromatic carbocycles. The molecular formula is C19H17N7O. The van der Waals surface area contributed by atoms with Crippen molar-refractivity contribution in [3.05, 3.63) is 83.8 Å². The van der Waals surface area contributed by atoms with E-state index in [1.54, 1.807) is 22.5 Å². The van der Waals surface area contributed by atoms with Crippen LogP contribution in [-0.4, -0.2) is 35.9 Å².